The largest absolute Gasteiger partial charge is 0.368 e. The highest BCUT2D eigenvalue weighted by Gasteiger charge is 2.40. The lowest BCUT2D eigenvalue weighted by Crippen LogP contribution is -2.32. The molecule has 17 heavy (non-hydrogen) atoms. The van der Waals surface area contributed by atoms with Crippen LogP contribution < -0.4 is 0 Å². The molecule has 96 valence electrons. The van der Waals surface area contributed by atoms with E-state index in [9.17, 15) is 22.4 Å². The predicted molar refractivity (Wildman–Crippen MR) is 52.7 cm³/mol. The second-order valence-corrected chi connectivity index (χ2v) is 4.18. The third-order valence-electron chi connectivity index (χ3n) is 1.75. The fourth-order valence-electron chi connectivity index (χ4n) is 0.876. The Hall–Kier alpha value is -1.02. The maximum Gasteiger partial charge on any atom is 0.330 e. The van der Waals surface area contributed by atoms with Crippen LogP contribution in [0.5, 0.6) is 0 Å². The molecule has 0 aliphatic heterocycles. The summed E-state index contributed by atoms with van der Waals surface area (Å²) in [7, 11) is 0. The van der Waals surface area contributed by atoms with Gasteiger partial charge in [-0.25, -0.2) is 13.8 Å². The van der Waals surface area contributed by atoms with E-state index in [0.717, 1.165) is 11.3 Å². The number of Topliss-reactive ketones (excluding diaryl/α,β-unsaturated/α-hetero) is 1. The zero-order chi connectivity index (χ0) is 13.1. The maximum absolute atomic E-state index is 12.4. The first-order chi connectivity index (χ1) is 7.83. The second-order valence-electron chi connectivity index (χ2n) is 3.24. The molecule has 0 saturated heterocycles. The van der Waals surface area contributed by atoms with Crippen molar-refractivity contribution >= 4 is 17.1 Å². The summed E-state index contributed by atoms with van der Waals surface area (Å²) in [4.78, 5) is 14.7. The maximum atomic E-state index is 12.4. The molecule has 0 fully saturated rings. The van der Waals surface area contributed by atoms with Crippen LogP contribution in [-0.2, 0) is 11.3 Å². The average molecular weight is 271 g/mol. The van der Waals surface area contributed by atoms with Crippen molar-refractivity contribution in [3.8, 4) is 0 Å². The number of ether oxygens (including phenoxy) is 1. The molecular weight excluding hydrogens is 262 g/mol. The number of rotatable bonds is 6. The molecule has 0 radical (unpaired) electrons. The molecule has 0 amide bonds. The van der Waals surface area contributed by atoms with Crippen LogP contribution >= 0.6 is 11.3 Å². The summed E-state index contributed by atoms with van der Waals surface area (Å²) in [5.74, 6) is -4.42. The van der Waals surface area contributed by atoms with Crippen LogP contribution in [0.25, 0.3) is 0 Å². The van der Waals surface area contributed by atoms with E-state index < -0.39 is 19.0 Å². The van der Waals surface area contributed by atoms with Gasteiger partial charge in [-0.2, -0.15) is 8.78 Å². The average Bonchev–Trinajstić information content (AvgIpc) is 2.66. The van der Waals surface area contributed by atoms with Crippen LogP contribution in [0.3, 0.4) is 0 Å². The van der Waals surface area contributed by atoms with Gasteiger partial charge in [0.15, 0.2) is 5.78 Å². The van der Waals surface area contributed by atoms with Gasteiger partial charge in [-0.15, -0.1) is 11.3 Å². The third-order valence-corrected chi connectivity index (χ3v) is 2.57. The summed E-state index contributed by atoms with van der Waals surface area (Å²) < 4.78 is 52.8. The molecule has 1 rings (SSSR count). The smallest absolute Gasteiger partial charge is 0.330 e. The molecule has 1 heterocycles. The molecule has 0 unspecified atom stereocenters. The topological polar surface area (TPSA) is 39.2 Å². The van der Waals surface area contributed by atoms with Crippen LogP contribution in [0.1, 0.15) is 22.4 Å². The number of aromatic nitrogens is 1. The molecule has 0 N–H and O–H groups in total. The van der Waals surface area contributed by atoms with Crippen molar-refractivity contribution in [2.45, 2.75) is 25.9 Å². The minimum Gasteiger partial charge on any atom is -0.368 e. The van der Waals surface area contributed by atoms with E-state index in [1.54, 1.807) is 0 Å². The van der Waals surface area contributed by atoms with Gasteiger partial charge in [-0.05, 0) is 0 Å². The first kappa shape index (κ1) is 14.0. The van der Waals surface area contributed by atoms with Crippen molar-refractivity contribution in [3.63, 3.8) is 0 Å². The van der Waals surface area contributed by atoms with E-state index in [-0.39, 0.29) is 18.1 Å². The number of ketones is 1. The van der Waals surface area contributed by atoms with Crippen LogP contribution in [0.2, 0.25) is 0 Å². The Kier molecular flexibility index (Phi) is 4.58. The van der Waals surface area contributed by atoms with Crippen LogP contribution in [0.4, 0.5) is 17.6 Å². The van der Waals surface area contributed by atoms with Gasteiger partial charge in [0, 0.05) is 12.3 Å². The first-order valence-electron chi connectivity index (χ1n) is 4.52. The fourth-order valence-corrected chi connectivity index (χ4v) is 1.65. The van der Waals surface area contributed by atoms with Crippen molar-refractivity contribution in [1.82, 2.24) is 4.98 Å². The van der Waals surface area contributed by atoms with Gasteiger partial charge in [0.2, 0.25) is 0 Å². The molecule has 0 aliphatic rings. The lowest BCUT2D eigenvalue weighted by Gasteiger charge is -2.14. The molecule has 0 spiro atoms. The highest BCUT2D eigenvalue weighted by molar-refractivity contribution is 7.09. The summed E-state index contributed by atoms with van der Waals surface area (Å²) in [6, 6.07) is 0. The Balaban J connectivity index is 2.43. The third kappa shape index (κ3) is 4.04. The van der Waals surface area contributed by atoms with Gasteiger partial charge in [0.25, 0.3) is 0 Å². The summed E-state index contributed by atoms with van der Waals surface area (Å²) in [5, 5.41) is 1.74. The Bertz CT molecular complexity index is 394. The Morgan fingerprint density at radius 1 is 1.59 bits per heavy atom. The van der Waals surface area contributed by atoms with E-state index in [2.05, 4.69) is 9.72 Å². The summed E-state index contributed by atoms with van der Waals surface area (Å²) in [6.45, 7) is -0.384. The van der Waals surface area contributed by atoms with Gasteiger partial charge < -0.3 is 4.74 Å². The molecule has 0 saturated carbocycles. The van der Waals surface area contributed by atoms with Gasteiger partial charge in [0.05, 0.1) is 6.61 Å². The van der Waals surface area contributed by atoms with Crippen LogP contribution in [0.15, 0.2) is 5.38 Å². The SMILES string of the molecule is CC(=O)c1csc(COCC(F)(F)C(F)F)n1. The minimum atomic E-state index is -4.17. The number of carbonyl (C=O) groups is 1. The van der Waals surface area contributed by atoms with E-state index in [1.165, 1.54) is 12.3 Å². The standard InChI is InChI=1S/C9H9F4NO2S/c1-5(15)6-3-17-7(14-6)2-16-4-9(12,13)8(10)11/h3,8H,2,4H2,1H3. The molecule has 3 nitrogen and oxygen atoms in total. The molecular formula is C9H9F4NO2S. The van der Waals surface area contributed by atoms with Crippen molar-refractivity contribution in [2.24, 2.45) is 0 Å². The van der Waals surface area contributed by atoms with E-state index in [0.29, 0.717) is 5.01 Å². The number of hydrogen-bond acceptors (Lipinski definition) is 4. The number of nitrogens with zero attached hydrogens (tertiary/aromatic N) is 1. The number of hydrogen-bond donors (Lipinski definition) is 0. The Labute approximate surface area is 98.4 Å². The summed E-state index contributed by atoms with van der Waals surface area (Å²) in [6.07, 6.45) is -3.76. The summed E-state index contributed by atoms with van der Waals surface area (Å²) in [5.41, 5.74) is 0.203. The van der Waals surface area contributed by atoms with Crippen molar-refractivity contribution in [2.75, 3.05) is 6.61 Å². The van der Waals surface area contributed by atoms with E-state index in [4.69, 9.17) is 0 Å². The monoisotopic (exact) mass is 271 g/mol. The number of halogens is 4. The van der Waals surface area contributed by atoms with Crippen LogP contribution in [-0.4, -0.2) is 29.7 Å². The second kappa shape index (κ2) is 5.54. The number of alkyl halides is 4. The molecule has 1 aromatic rings. The highest BCUT2D eigenvalue weighted by atomic mass is 32.1. The van der Waals surface area contributed by atoms with E-state index >= 15 is 0 Å². The molecule has 0 bridgehead atoms. The number of carbonyl (C=O) groups excluding carboxylic acids is 1. The van der Waals surface area contributed by atoms with Gasteiger partial charge in [0.1, 0.15) is 17.3 Å². The quantitative estimate of drug-likeness (QED) is 0.590. The number of thiazole rings is 1. The molecule has 0 aromatic carbocycles. The van der Waals surface area contributed by atoms with Gasteiger partial charge in [-0.1, -0.05) is 0 Å². The Morgan fingerprint density at radius 3 is 2.71 bits per heavy atom. The zero-order valence-corrected chi connectivity index (χ0v) is 9.57. The van der Waals surface area contributed by atoms with Gasteiger partial charge >= 0.3 is 12.3 Å². The van der Waals surface area contributed by atoms with Crippen molar-refractivity contribution in [3.05, 3.63) is 16.1 Å². The Morgan fingerprint density at radius 2 is 2.24 bits per heavy atom. The fraction of sp³-hybridized carbons (Fsp3) is 0.556. The minimum absolute atomic E-state index is 0.203. The first-order valence-corrected chi connectivity index (χ1v) is 5.40. The highest BCUT2D eigenvalue weighted by Crippen LogP contribution is 2.23. The molecule has 1 aromatic heterocycles. The normalized spacial score (nSPS) is 12.1. The predicted octanol–water partition coefficient (Wildman–Crippen LogP) is 2.76. The zero-order valence-electron chi connectivity index (χ0n) is 8.75. The van der Waals surface area contributed by atoms with E-state index in [1.807, 2.05) is 0 Å². The summed E-state index contributed by atoms with van der Waals surface area (Å²) >= 11 is 1.05. The molecule has 0 atom stereocenters. The molecule has 0 aliphatic carbocycles. The van der Waals surface area contributed by atoms with Crippen LogP contribution in [0, 0.1) is 0 Å². The van der Waals surface area contributed by atoms with Crippen molar-refractivity contribution in [1.29, 1.82) is 0 Å². The molecule has 8 heteroatoms. The lowest BCUT2D eigenvalue weighted by atomic mass is 10.3. The van der Waals surface area contributed by atoms with Gasteiger partial charge in [-0.3, -0.25) is 4.79 Å². The lowest BCUT2D eigenvalue weighted by molar-refractivity contribution is -0.168. The van der Waals surface area contributed by atoms with Crippen molar-refractivity contribution < 1.29 is 27.1 Å².